The van der Waals surface area contributed by atoms with Crippen molar-refractivity contribution in [3.63, 3.8) is 0 Å². The number of anilines is 1. The van der Waals surface area contributed by atoms with Crippen LogP contribution in [0.1, 0.15) is 41.5 Å². The van der Waals surface area contributed by atoms with E-state index in [4.69, 9.17) is 17.3 Å². The first kappa shape index (κ1) is 18.3. The molecule has 0 atom stereocenters. The summed E-state index contributed by atoms with van der Waals surface area (Å²) in [5.41, 5.74) is 7.98. The molecule has 1 aromatic carbocycles. The van der Waals surface area contributed by atoms with E-state index in [1.54, 1.807) is 6.33 Å². The number of hydrogen-bond donors (Lipinski definition) is 2. The number of nitrogens with two attached hydrogens (primary N) is 1. The maximum absolute atomic E-state index is 12.6. The molecular formula is C19H18ClN7OS. The van der Waals surface area contributed by atoms with Crippen LogP contribution in [0.15, 0.2) is 30.6 Å². The Labute approximate surface area is 175 Å². The van der Waals surface area contributed by atoms with E-state index in [-0.39, 0.29) is 29.1 Å². The molecule has 5 rings (SSSR count). The Morgan fingerprint density at radius 3 is 2.76 bits per heavy atom. The van der Waals surface area contributed by atoms with Crippen LogP contribution in [0.5, 0.6) is 0 Å². The Kier molecular flexibility index (Phi) is 4.56. The Morgan fingerprint density at radius 2 is 1.97 bits per heavy atom. The third-order valence-electron chi connectivity index (χ3n) is 5.33. The van der Waals surface area contributed by atoms with E-state index in [2.05, 4.69) is 25.3 Å². The summed E-state index contributed by atoms with van der Waals surface area (Å²) in [6.45, 7) is 0. The molecule has 0 saturated heterocycles. The van der Waals surface area contributed by atoms with Gasteiger partial charge in [-0.1, -0.05) is 12.1 Å². The van der Waals surface area contributed by atoms with Crippen molar-refractivity contribution in [2.75, 3.05) is 5.73 Å². The van der Waals surface area contributed by atoms with Gasteiger partial charge >= 0.3 is 0 Å². The lowest BCUT2D eigenvalue weighted by atomic mass is 9.91. The van der Waals surface area contributed by atoms with Gasteiger partial charge < -0.3 is 15.6 Å². The highest BCUT2D eigenvalue weighted by atomic mass is 35.5. The topological polar surface area (TPSA) is 112 Å². The van der Waals surface area contributed by atoms with Crippen LogP contribution in [-0.4, -0.2) is 36.5 Å². The van der Waals surface area contributed by atoms with Crippen molar-refractivity contribution in [2.24, 2.45) is 0 Å². The van der Waals surface area contributed by atoms with E-state index in [0.29, 0.717) is 16.2 Å². The number of hydrogen-bond acceptors (Lipinski definition) is 7. The zero-order valence-electron chi connectivity index (χ0n) is 15.4. The lowest BCUT2D eigenvalue weighted by Crippen LogP contribution is -2.37. The third kappa shape index (κ3) is 3.40. The molecule has 1 amide bonds. The number of fused-ring (bicyclic) bond motifs is 2. The van der Waals surface area contributed by atoms with Crippen LogP contribution >= 0.6 is 22.9 Å². The Morgan fingerprint density at radius 1 is 1.17 bits per heavy atom. The molecule has 1 fully saturated rings. The minimum absolute atomic E-state index is 0.102. The molecule has 0 spiro atoms. The zero-order chi connectivity index (χ0) is 20.0. The van der Waals surface area contributed by atoms with Gasteiger partial charge in [0.25, 0.3) is 5.91 Å². The van der Waals surface area contributed by atoms with Crippen molar-refractivity contribution in [1.82, 2.24) is 29.8 Å². The molecule has 1 aliphatic carbocycles. The molecule has 29 heavy (non-hydrogen) atoms. The van der Waals surface area contributed by atoms with Gasteiger partial charge in [-0.2, -0.15) is 9.97 Å². The molecule has 0 aliphatic heterocycles. The van der Waals surface area contributed by atoms with Gasteiger partial charge in [-0.3, -0.25) is 4.79 Å². The number of rotatable bonds is 3. The van der Waals surface area contributed by atoms with Crippen molar-refractivity contribution in [1.29, 1.82) is 0 Å². The van der Waals surface area contributed by atoms with Crippen molar-refractivity contribution >= 4 is 56.0 Å². The second-order valence-electron chi connectivity index (χ2n) is 7.17. The molecule has 10 heteroatoms. The van der Waals surface area contributed by atoms with E-state index >= 15 is 0 Å². The van der Waals surface area contributed by atoms with Gasteiger partial charge in [0.15, 0.2) is 16.5 Å². The highest BCUT2D eigenvalue weighted by molar-refractivity contribution is 7.20. The number of amides is 1. The molecule has 3 heterocycles. The molecular weight excluding hydrogens is 410 g/mol. The number of carbonyl (C=O) groups excluding carboxylic acids is 1. The summed E-state index contributed by atoms with van der Waals surface area (Å²) in [7, 11) is 0. The summed E-state index contributed by atoms with van der Waals surface area (Å²) >= 11 is 7.39. The van der Waals surface area contributed by atoms with Gasteiger partial charge in [-0.05, 0) is 49.4 Å². The van der Waals surface area contributed by atoms with E-state index in [0.717, 1.165) is 35.9 Å². The highest BCUT2D eigenvalue weighted by Gasteiger charge is 2.26. The van der Waals surface area contributed by atoms with Gasteiger partial charge in [0.1, 0.15) is 5.52 Å². The molecule has 148 valence electrons. The second-order valence-corrected chi connectivity index (χ2v) is 8.54. The molecule has 1 aliphatic rings. The number of nitrogens with zero attached hydrogens (tertiary/aromatic N) is 5. The van der Waals surface area contributed by atoms with E-state index in [1.807, 2.05) is 28.8 Å². The number of benzene rings is 1. The monoisotopic (exact) mass is 427 g/mol. The fourth-order valence-corrected chi connectivity index (χ4v) is 4.93. The number of halogens is 1. The fraction of sp³-hybridized carbons (Fsp3) is 0.316. The average Bonchev–Trinajstić information content (AvgIpc) is 3.33. The van der Waals surface area contributed by atoms with E-state index < -0.39 is 0 Å². The van der Waals surface area contributed by atoms with Crippen molar-refractivity contribution in [2.45, 2.75) is 37.8 Å². The number of nitrogen functional groups attached to an aromatic ring is 1. The lowest BCUT2D eigenvalue weighted by Gasteiger charge is -2.29. The quantitative estimate of drug-likeness (QED) is 0.483. The van der Waals surface area contributed by atoms with Crippen LogP contribution in [-0.2, 0) is 0 Å². The summed E-state index contributed by atoms with van der Waals surface area (Å²) in [6, 6.07) is 8.15. The van der Waals surface area contributed by atoms with Gasteiger partial charge in [-0.25, -0.2) is 9.97 Å². The maximum Gasteiger partial charge on any atom is 0.280 e. The lowest BCUT2D eigenvalue weighted by molar-refractivity contribution is 0.0922. The number of thiazole rings is 1. The van der Waals surface area contributed by atoms with Gasteiger partial charge in [0.2, 0.25) is 5.28 Å². The van der Waals surface area contributed by atoms with Crippen LogP contribution in [0.25, 0.3) is 21.4 Å². The zero-order valence-corrected chi connectivity index (χ0v) is 17.0. The molecule has 3 N–H and O–H groups in total. The summed E-state index contributed by atoms with van der Waals surface area (Å²) in [5, 5.41) is 3.76. The maximum atomic E-state index is 12.6. The number of nitrogens with one attached hydrogen (secondary N) is 1. The minimum Gasteiger partial charge on any atom is -0.382 e. The molecule has 3 aromatic heterocycles. The Balaban J connectivity index is 1.26. The number of carbonyl (C=O) groups is 1. The van der Waals surface area contributed by atoms with Gasteiger partial charge in [-0.15, -0.1) is 11.3 Å². The molecule has 0 unspecified atom stereocenters. The fourth-order valence-electron chi connectivity index (χ4n) is 3.89. The van der Waals surface area contributed by atoms with Crippen molar-refractivity contribution in [3.05, 3.63) is 40.9 Å². The molecule has 4 aromatic rings. The van der Waals surface area contributed by atoms with Crippen LogP contribution in [0.4, 0.5) is 5.82 Å². The first-order valence-corrected chi connectivity index (χ1v) is 10.6. The van der Waals surface area contributed by atoms with Crippen molar-refractivity contribution in [3.8, 4) is 0 Å². The minimum atomic E-state index is -0.102. The van der Waals surface area contributed by atoms with Crippen LogP contribution < -0.4 is 11.1 Å². The number of aromatic nitrogens is 5. The van der Waals surface area contributed by atoms with Gasteiger partial charge in [0, 0.05) is 12.1 Å². The molecule has 0 bridgehead atoms. The van der Waals surface area contributed by atoms with Gasteiger partial charge in [0.05, 0.1) is 16.5 Å². The van der Waals surface area contributed by atoms with E-state index in [1.165, 1.54) is 11.3 Å². The summed E-state index contributed by atoms with van der Waals surface area (Å²) in [4.78, 5) is 29.6. The Hall–Kier alpha value is -2.78. The predicted molar refractivity (Wildman–Crippen MR) is 113 cm³/mol. The first-order chi connectivity index (χ1) is 14.1. The predicted octanol–water partition coefficient (Wildman–Crippen LogP) is 3.59. The van der Waals surface area contributed by atoms with Crippen LogP contribution in [0.2, 0.25) is 5.28 Å². The standard InChI is InChI=1S/C19H18ClN7OS/c20-19-25-15(21)14-16(26-19)27(9-22-14)11-7-5-10(6-8-11)23-17(28)18-24-12-3-1-2-4-13(12)29-18/h1-4,9-11H,5-8H2,(H,23,28)(H2,21,25,26)/t10-,11+. The second kappa shape index (κ2) is 7.23. The number of imidazole rings is 1. The Bertz CT molecular complexity index is 1180. The highest BCUT2D eigenvalue weighted by Crippen LogP contribution is 2.32. The van der Waals surface area contributed by atoms with Crippen LogP contribution in [0.3, 0.4) is 0 Å². The molecule has 8 nitrogen and oxygen atoms in total. The summed E-state index contributed by atoms with van der Waals surface area (Å²) in [6.07, 6.45) is 5.29. The largest absolute Gasteiger partial charge is 0.382 e. The SMILES string of the molecule is Nc1nc(Cl)nc2c1ncn2[C@H]1CC[C@@H](NC(=O)c2nc3ccccc3s2)CC1. The summed E-state index contributed by atoms with van der Waals surface area (Å²) in [5.74, 6) is 0.186. The molecule has 1 saturated carbocycles. The molecule has 0 radical (unpaired) electrons. The average molecular weight is 428 g/mol. The van der Waals surface area contributed by atoms with Crippen LogP contribution in [0, 0.1) is 0 Å². The summed E-state index contributed by atoms with van der Waals surface area (Å²) < 4.78 is 3.04. The third-order valence-corrected chi connectivity index (χ3v) is 6.54. The first-order valence-electron chi connectivity index (χ1n) is 9.40. The normalized spacial score (nSPS) is 19.6. The van der Waals surface area contributed by atoms with Crippen molar-refractivity contribution < 1.29 is 4.79 Å². The number of para-hydroxylation sites is 1. The smallest absolute Gasteiger partial charge is 0.280 e. The van der Waals surface area contributed by atoms with E-state index in [9.17, 15) is 4.79 Å².